The van der Waals surface area contributed by atoms with Crippen LogP contribution in [0.1, 0.15) is 21.5 Å². The minimum Gasteiger partial charge on any atom is -0.348 e. The van der Waals surface area contributed by atoms with Gasteiger partial charge in [-0.15, -0.1) is 0 Å². The van der Waals surface area contributed by atoms with E-state index in [1.54, 1.807) is 12.1 Å². The van der Waals surface area contributed by atoms with E-state index in [9.17, 15) is 9.18 Å². The van der Waals surface area contributed by atoms with Gasteiger partial charge in [0.25, 0.3) is 5.91 Å². The average molecular weight is 258 g/mol. The lowest BCUT2D eigenvalue weighted by molar-refractivity contribution is 0.0947. The van der Waals surface area contributed by atoms with Gasteiger partial charge in [0.05, 0.1) is 5.56 Å². The van der Waals surface area contributed by atoms with Crippen molar-refractivity contribution in [3.8, 4) is 0 Å². The number of carbonyl (C=O) groups excluding carboxylic acids is 1. The van der Waals surface area contributed by atoms with Crippen LogP contribution in [0.4, 0.5) is 4.39 Å². The molecule has 0 saturated heterocycles. The highest BCUT2D eigenvalue weighted by molar-refractivity contribution is 5.94. The Morgan fingerprint density at radius 3 is 2.58 bits per heavy atom. The minimum atomic E-state index is -0.518. The summed E-state index contributed by atoms with van der Waals surface area (Å²) in [6.07, 6.45) is 0. The van der Waals surface area contributed by atoms with Crippen molar-refractivity contribution in [3.05, 3.63) is 71.0 Å². The molecule has 0 fully saturated rings. The molecule has 0 aliphatic heterocycles. The second-order valence-electron chi connectivity index (χ2n) is 4.19. The van der Waals surface area contributed by atoms with E-state index in [0.717, 1.165) is 11.1 Å². The molecule has 0 aliphatic carbocycles. The molecule has 3 N–H and O–H groups in total. The van der Waals surface area contributed by atoms with Crippen LogP contribution in [0.5, 0.6) is 0 Å². The number of rotatable bonds is 4. The Labute approximate surface area is 111 Å². The Hall–Kier alpha value is -2.20. The summed E-state index contributed by atoms with van der Waals surface area (Å²) in [4.78, 5) is 11.8. The Balaban J connectivity index is 2.02. The molecule has 2 aromatic carbocycles. The average Bonchev–Trinajstić information content (AvgIpc) is 2.45. The van der Waals surface area contributed by atoms with Crippen molar-refractivity contribution in [1.82, 2.24) is 5.32 Å². The van der Waals surface area contributed by atoms with E-state index in [1.165, 1.54) is 12.1 Å². The van der Waals surface area contributed by atoms with Crippen LogP contribution in [0.15, 0.2) is 48.5 Å². The van der Waals surface area contributed by atoms with E-state index in [2.05, 4.69) is 5.32 Å². The lowest BCUT2D eigenvalue weighted by Gasteiger charge is -2.07. The third-order valence-electron chi connectivity index (χ3n) is 2.80. The highest BCUT2D eigenvalue weighted by atomic mass is 19.1. The second kappa shape index (κ2) is 6.11. The molecule has 1 amide bonds. The zero-order valence-corrected chi connectivity index (χ0v) is 10.4. The normalized spacial score (nSPS) is 10.2. The van der Waals surface area contributed by atoms with Crippen molar-refractivity contribution >= 4 is 5.91 Å². The van der Waals surface area contributed by atoms with E-state index < -0.39 is 11.7 Å². The Morgan fingerprint density at radius 1 is 1.11 bits per heavy atom. The van der Waals surface area contributed by atoms with E-state index >= 15 is 0 Å². The molecule has 0 unspecified atom stereocenters. The van der Waals surface area contributed by atoms with Crippen molar-refractivity contribution in [2.45, 2.75) is 13.1 Å². The molecule has 3 nitrogen and oxygen atoms in total. The maximum atomic E-state index is 13.4. The molecule has 2 aromatic rings. The molecule has 0 spiro atoms. The smallest absolute Gasteiger partial charge is 0.254 e. The van der Waals surface area contributed by atoms with Crippen molar-refractivity contribution in [2.75, 3.05) is 0 Å². The molecular formula is C15H15FN2O. The molecular weight excluding hydrogens is 243 g/mol. The minimum absolute atomic E-state index is 0.0532. The van der Waals surface area contributed by atoms with Crippen LogP contribution in [0, 0.1) is 5.82 Å². The molecule has 0 bridgehead atoms. The van der Waals surface area contributed by atoms with Gasteiger partial charge in [0.1, 0.15) is 5.82 Å². The molecule has 0 atom stereocenters. The summed E-state index contributed by atoms with van der Waals surface area (Å²) >= 11 is 0. The highest BCUT2D eigenvalue weighted by Crippen LogP contribution is 2.08. The van der Waals surface area contributed by atoms with Gasteiger partial charge in [-0.05, 0) is 23.3 Å². The zero-order chi connectivity index (χ0) is 13.7. The summed E-state index contributed by atoms with van der Waals surface area (Å²) in [7, 11) is 0. The van der Waals surface area contributed by atoms with Crippen molar-refractivity contribution in [1.29, 1.82) is 0 Å². The lowest BCUT2D eigenvalue weighted by atomic mass is 10.1. The van der Waals surface area contributed by atoms with Gasteiger partial charge >= 0.3 is 0 Å². The van der Waals surface area contributed by atoms with Gasteiger partial charge in [0.15, 0.2) is 0 Å². The Kier molecular flexibility index (Phi) is 4.26. The van der Waals surface area contributed by atoms with Gasteiger partial charge in [-0.3, -0.25) is 4.79 Å². The molecule has 0 heterocycles. The monoisotopic (exact) mass is 258 g/mol. The fourth-order valence-electron chi connectivity index (χ4n) is 1.79. The molecule has 98 valence electrons. The summed E-state index contributed by atoms with van der Waals surface area (Å²) in [5.41, 5.74) is 7.54. The van der Waals surface area contributed by atoms with Crippen molar-refractivity contribution in [2.24, 2.45) is 5.73 Å². The van der Waals surface area contributed by atoms with Gasteiger partial charge in [-0.2, -0.15) is 0 Å². The second-order valence-corrected chi connectivity index (χ2v) is 4.19. The molecule has 2 rings (SSSR count). The fraction of sp³-hybridized carbons (Fsp3) is 0.133. The summed E-state index contributed by atoms with van der Waals surface area (Å²) < 4.78 is 13.4. The van der Waals surface area contributed by atoms with Crippen LogP contribution in [0.2, 0.25) is 0 Å². The number of hydrogen-bond donors (Lipinski definition) is 2. The number of halogens is 1. The quantitative estimate of drug-likeness (QED) is 0.883. The first-order valence-corrected chi connectivity index (χ1v) is 6.01. The summed E-state index contributed by atoms with van der Waals surface area (Å²) in [5.74, 6) is -0.938. The largest absolute Gasteiger partial charge is 0.348 e. The van der Waals surface area contributed by atoms with E-state index in [0.29, 0.717) is 13.1 Å². The van der Waals surface area contributed by atoms with E-state index in [4.69, 9.17) is 5.73 Å². The van der Waals surface area contributed by atoms with Crippen LogP contribution >= 0.6 is 0 Å². The predicted octanol–water partition coefficient (Wildman–Crippen LogP) is 2.21. The summed E-state index contributed by atoms with van der Waals surface area (Å²) in [6, 6.07) is 13.5. The number of amides is 1. The fourth-order valence-corrected chi connectivity index (χ4v) is 1.79. The first kappa shape index (κ1) is 13.2. The number of carbonyl (C=O) groups is 1. The van der Waals surface area contributed by atoms with Crippen molar-refractivity contribution < 1.29 is 9.18 Å². The van der Waals surface area contributed by atoms with Crippen LogP contribution in [-0.2, 0) is 13.1 Å². The van der Waals surface area contributed by atoms with Gasteiger partial charge in [0.2, 0.25) is 0 Å². The van der Waals surface area contributed by atoms with Crippen LogP contribution in [-0.4, -0.2) is 5.91 Å². The van der Waals surface area contributed by atoms with Crippen LogP contribution in [0.25, 0.3) is 0 Å². The van der Waals surface area contributed by atoms with Crippen LogP contribution in [0.3, 0.4) is 0 Å². The molecule has 0 saturated carbocycles. The Bertz CT molecular complexity index is 584. The van der Waals surface area contributed by atoms with Gasteiger partial charge in [-0.25, -0.2) is 4.39 Å². The summed E-state index contributed by atoms with van der Waals surface area (Å²) in [6.45, 7) is 0.802. The number of hydrogen-bond acceptors (Lipinski definition) is 2. The lowest BCUT2D eigenvalue weighted by Crippen LogP contribution is -2.23. The maximum absolute atomic E-state index is 13.4. The topological polar surface area (TPSA) is 55.1 Å². The molecule has 0 radical (unpaired) electrons. The molecule has 0 aromatic heterocycles. The first-order chi connectivity index (χ1) is 9.20. The predicted molar refractivity (Wildman–Crippen MR) is 71.9 cm³/mol. The molecule has 19 heavy (non-hydrogen) atoms. The standard InChI is InChI=1S/C15H15FN2O/c16-14-7-2-1-6-13(14)15(19)18-10-12-5-3-4-11(8-12)9-17/h1-8H,9-10,17H2,(H,18,19). The zero-order valence-electron chi connectivity index (χ0n) is 10.4. The number of benzene rings is 2. The number of nitrogens with two attached hydrogens (primary N) is 1. The van der Waals surface area contributed by atoms with Gasteiger partial charge in [-0.1, -0.05) is 36.4 Å². The summed E-state index contributed by atoms with van der Waals surface area (Å²) in [5, 5.41) is 2.69. The van der Waals surface area contributed by atoms with Gasteiger partial charge in [0, 0.05) is 13.1 Å². The molecule has 4 heteroatoms. The molecule has 0 aliphatic rings. The SMILES string of the molecule is NCc1cccc(CNC(=O)c2ccccc2F)c1. The third kappa shape index (κ3) is 3.39. The first-order valence-electron chi connectivity index (χ1n) is 6.01. The highest BCUT2D eigenvalue weighted by Gasteiger charge is 2.09. The van der Waals surface area contributed by atoms with Gasteiger partial charge < -0.3 is 11.1 Å². The third-order valence-corrected chi connectivity index (χ3v) is 2.80. The van der Waals surface area contributed by atoms with E-state index in [-0.39, 0.29) is 5.56 Å². The van der Waals surface area contributed by atoms with E-state index in [1.807, 2.05) is 24.3 Å². The number of nitrogens with one attached hydrogen (secondary N) is 1. The van der Waals surface area contributed by atoms with Crippen molar-refractivity contribution in [3.63, 3.8) is 0 Å². The Morgan fingerprint density at radius 2 is 1.84 bits per heavy atom. The maximum Gasteiger partial charge on any atom is 0.254 e. The van der Waals surface area contributed by atoms with Crippen LogP contribution < -0.4 is 11.1 Å².